The van der Waals surface area contributed by atoms with Crippen molar-refractivity contribution >= 4 is 5.91 Å². The molecular formula is C9H13N3O2. The summed E-state index contributed by atoms with van der Waals surface area (Å²) in [6, 6.07) is 0.230. The number of hydrogen-bond donors (Lipinski definition) is 1. The number of nitrogens with two attached hydrogens (primary N) is 1. The Morgan fingerprint density at radius 3 is 2.86 bits per heavy atom. The van der Waals surface area contributed by atoms with Gasteiger partial charge < -0.3 is 15.1 Å². The largest absolute Gasteiger partial charge is 0.438 e. The highest BCUT2D eigenvalue weighted by atomic mass is 16.3. The molecule has 5 nitrogen and oxygen atoms in total. The fourth-order valence-corrected chi connectivity index (χ4v) is 1.58. The second kappa shape index (κ2) is 3.79. The van der Waals surface area contributed by atoms with E-state index in [9.17, 15) is 4.79 Å². The maximum absolute atomic E-state index is 11.7. The molecule has 0 unspecified atom stereocenters. The summed E-state index contributed by atoms with van der Waals surface area (Å²) >= 11 is 0. The summed E-state index contributed by atoms with van der Waals surface area (Å²) in [7, 11) is 0. The van der Waals surface area contributed by atoms with Gasteiger partial charge in [-0.3, -0.25) is 4.79 Å². The van der Waals surface area contributed by atoms with E-state index in [2.05, 4.69) is 4.98 Å². The summed E-state index contributed by atoms with van der Waals surface area (Å²) < 4.78 is 4.94. The van der Waals surface area contributed by atoms with Crippen molar-refractivity contribution in [2.24, 2.45) is 5.73 Å². The highest BCUT2D eigenvalue weighted by Gasteiger charge is 2.23. The van der Waals surface area contributed by atoms with Crippen LogP contribution in [0.2, 0.25) is 0 Å². The van der Waals surface area contributed by atoms with Gasteiger partial charge in [0.1, 0.15) is 0 Å². The van der Waals surface area contributed by atoms with Gasteiger partial charge in [-0.2, -0.15) is 0 Å². The Bertz CT molecular complexity index is 302. The average Bonchev–Trinajstić information content (AvgIpc) is 2.71. The van der Waals surface area contributed by atoms with Crippen LogP contribution < -0.4 is 5.73 Å². The van der Waals surface area contributed by atoms with Crippen molar-refractivity contribution in [2.45, 2.75) is 18.9 Å². The van der Waals surface area contributed by atoms with Gasteiger partial charge in [0.2, 0.25) is 5.76 Å². The molecule has 0 radical (unpaired) electrons. The van der Waals surface area contributed by atoms with Gasteiger partial charge in [-0.15, -0.1) is 0 Å². The zero-order valence-electron chi connectivity index (χ0n) is 7.85. The predicted octanol–water partition coefficient (Wildman–Crippen LogP) is 0.238. The van der Waals surface area contributed by atoms with Gasteiger partial charge >= 0.3 is 0 Å². The van der Waals surface area contributed by atoms with Gasteiger partial charge in [0.25, 0.3) is 5.91 Å². The maximum Gasteiger partial charge on any atom is 0.291 e. The number of carbonyl (C=O) groups is 1. The standard InChI is InChI=1S/C9H13N3O2/c10-7-1-3-12(4-2-7)9(13)8-5-11-6-14-8/h5-7H,1-4,10H2. The van der Waals surface area contributed by atoms with E-state index in [4.69, 9.17) is 10.2 Å². The van der Waals surface area contributed by atoms with Gasteiger partial charge in [-0.1, -0.05) is 0 Å². The third-order valence-corrected chi connectivity index (χ3v) is 2.47. The Morgan fingerprint density at radius 2 is 2.29 bits per heavy atom. The van der Waals surface area contributed by atoms with Crippen LogP contribution in [0.1, 0.15) is 23.4 Å². The number of oxazole rings is 1. The number of piperidine rings is 1. The van der Waals surface area contributed by atoms with Crippen LogP contribution in [-0.4, -0.2) is 34.9 Å². The molecule has 0 bridgehead atoms. The average molecular weight is 195 g/mol. The monoisotopic (exact) mass is 195 g/mol. The minimum Gasteiger partial charge on any atom is -0.438 e. The lowest BCUT2D eigenvalue weighted by Crippen LogP contribution is -2.42. The number of amides is 1. The third kappa shape index (κ3) is 1.77. The van der Waals surface area contributed by atoms with Crippen molar-refractivity contribution in [1.29, 1.82) is 0 Å². The highest BCUT2D eigenvalue weighted by molar-refractivity contribution is 5.91. The zero-order valence-corrected chi connectivity index (χ0v) is 7.85. The lowest BCUT2D eigenvalue weighted by atomic mass is 10.1. The van der Waals surface area contributed by atoms with Gasteiger partial charge in [-0.25, -0.2) is 4.98 Å². The SMILES string of the molecule is NC1CCN(C(=O)c2cnco2)CC1. The highest BCUT2D eigenvalue weighted by Crippen LogP contribution is 2.11. The van der Waals surface area contributed by atoms with Gasteiger partial charge in [0.15, 0.2) is 6.39 Å². The van der Waals surface area contributed by atoms with Crippen LogP contribution in [0.15, 0.2) is 17.0 Å². The van der Waals surface area contributed by atoms with Crippen molar-refractivity contribution < 1.29 is 9.21 Å². The normalized spacial score (nSPS) is 18.5. The van der Waals surface area contributed by atoms with Crippen LogP contribution in [0.25, 0.3) is 0 Å². The molecule has 0 aromatic carbocycles. The van der Waals surface area contributed by atoms with Crippen molar-refractivity contribution in [3.05, 3.63) is 18.4 Å². The number of aromatic nitrogens is 1. The van der Waals surface area contributed by atoms with Crippen LogP contribution >= 0.6 is 0 Å². The summed E-state index contributed by atoms with van der Waals surface area (Å²) in [4.78, 5) is 17.2. The summed E-state index contributed by atoms with van der Waals surface area (Å²) in [6.07, 6.45) is 4.43. The molecule has 0 aliphatic carbocycles. The number of nitrogens with zero attached hydrogens (tertiary/aromatic N) is 2. The number of hydrogen-bond acceptors (Lipinski definition) is 4. The zero-order chi connectivity index (χ0) is 9.97. The fraction of sp³-hybridized carbons (Fsp3) is 0.556. The van der Waals surface area contributed by atoms with E-state index in [1.807, 2.05) is 0 Å². The Kier molecular flexibility index (Phi) is 2.49. The second-order valence-electron chi connectivity index (χ2n) is 3.50. The third-order valence-electron chi connectivity index (χ3n) is 2.47. The Morgan fingerprint density at radius 1 is 1.57 bits per heavy atom. The molecule has 1 amide bonds. The Hall–Kier alpha value is -1.36. The number of carbonyl (C=O) groups excluding carboxylic acids is 1. The van der Waals surface area contributed by atoms with E-state index in [1.54, 1.807) is 4.90 Å². The van der Waals surface area contributed by atoms with E-state index in [1.165, 1.54) is 12.6 Å². The van der Waals surface area contributed by atoms with E-state index < -0.39 is 0 Å². The molecule has 14 heavy (non-hydrogen) atoms. The van der Waals surface area contributed by atoms with Crippen LogP contribution in [0.4, 0.5) is 0 Å². The Balaban J connectivity index is 1.99. The molecule has 0 saturated carbocycles. The summed E-state index contributed by atoms with van der Waals surface area (Å²) in [5.74, 6) is 0.217. The molecule has 1 aliphatic heterocycles. The van der Waals surface area contributed by atoms with Gasteiger partial charge in [0.05, 0.1) is 6.20 Å². The number of likely N-dealkylation sites (tertiary alicyclic amines) is 1. The first-order chi connectivity index (χ1) is 6.77. The van der Waals surface area contributed by atoms with Crippen LogP contribution in [-0.2, 0) is 0 Å². The lowest BCUT2D eigenvalue weighted by molar-refractivity contribution is 0.0682. The van der Waals surface area contributed by atoms with Crippen LogP contribution in [0.5, 0.6) is 0 Å². The minimum atomic E-state index is -0.0885. The number of rotatable bonds is 1. The summed E-state index contributed by atoms with van der Waals surface area (Å²) in [6.45, 7) is 1.42. The molecule has 1 aromatic rings. The quantitative estimate of drug-likeness (QED) is 0.696. The Labute approximate surface area is 81.9 Å². The fourth-order valence-electron chi connectivity index (χ4n) is 1.58. The van der Waals surface area contributed by atoms with Crippen LogP contribution in [0.3, 0.4) is 0 Å². The van der Waals surface area contributed by atoms with Crippen molar-refractivity contribution in [3.8, 4) is 0 Å². The molecule has 0 atom stereocenters. The first-order valence-electron chi connectivity index (χ1n) is 4.70. The van der Waals surface area contributed by atoms with Gasteiger partial charge in [0, 0.05) is 19.1 Å². The molecule has 2 N–H and O–H groups in total. The molecule has 2 rings (SSSR count). The topological polar surface area (TPSA) is 72.4 Å². The van der Waals surface area contributed by atoms with E-state index >= 15 is 0 Å². The minimum absolute atomic E-state index is 0.0885. The predicted molar refractivity (Wildman–Crippen MR) is 49.6 cm³/mol. The van der Waals surface area contributed by atoms with Gasteiger partial charge in [-0.05, 0) is 12.8 Å². The van der Waals surface area contributed by atoms with Crippen LogP contribution in [0, 0.1) is 0 Å². The first kappa shape index (κ1) is 9.21. The van der Waals surface area contributed by atoms with E-state index in [0.29, 0.717) is 18.8 Å². The molecule has 1 saturated heterocycles. The van der Waals surface area contributed by atoms with Crippen molar-refractivity contribution in [2.75, 3.05) is 13.1 Å². The molecule has 1 fully saturated rings. The van der Waals surface area contributed by atoms with E-state index in [0.717, 1.165) is 12.8 Å². The maximum atomic E-state index is 11.7. The molecule has 1 aromatic heterocycles. The lowest BCUT2D eigenvalue weighted by Gasteiger charge is -2.29. The molecule has 76 valence electrons. The molecule has 1 aliphatic rings. The summed E-state index contributed by atoms with van der Waals surface area (Å²) in [5, 5.41) is 0. The second-order valence-corrected chi connectivity index (χ2v) is 3.50. The molecule has 5 heteroatoms. The first-order valence-corrected chi connectivity index (χ1v) is 4.70. The summed E-state index contributed by atoms with van der Waals surface area (Å²) in [5.41, 5.74) is 5.74. The smallest absolute Gasteiger partial charge is 0.291 e. The van der Waals surface area contributed by atoms with Crippen molar-refractivity contribution in [1.82, 2.24) is 9.88 Å². The molecule has 2 heterocycles. The van der Waals surface area contributed by atoms with Crippen molar-refractivity contribution in [3.63, 3.8) is 0 Å². The molecule has 0 spiro atoms. The molecular weight excluding hydrogens is 182 g/mol. The van der Waals surface area contributed by atoms with E-state index in [-0.39, 0.29) is 11.9 Å².